The van der Waals surface area contributed by atoms with Crippen LogP contribution in [0.3, 0.4) is 0 Å². The third-order valence-corrected chi connectivity index (χ3v) is 2.00. The van der Waals surface area contributed by atoms with Crippen LogP contribution in [0.15, 0.2) is 24.8 Å². The second-order valence-corrected chi connectivity index (χ2v) is 3.16. The lowest BCUT2D eigenvalue weighted by molar-refractivity contribution is 0.101. The van der Waals surface area contributed by atoms with Crippen molar-refractivity contribution in [2.75, 3.05) is 0 Å². The Morgan fingerprint density at radius 1 is 1.07 bits per heavy atom. The molecular formula is C12H12O2. The fraction of sp³-hybridized carbons (Fsp3) is 0.167. The van der Waals surface area contributed by atoms with Gasteiger partial charge in [-0.05, 0) is 37.6 Å². The number of rotatable bonds is 3. The van der Waals surface area contributed by atoms with Crippen molar-refractivity contribution >= 4 is 17.6 Å². The molecule has 0 bridgehead atoms. The highest BCUT2D eigenvalue weighted by Crippen LogP contribution is 2.12. The lowest BCUT2D eigenvalue weighted by atomic mass is 10.0. The maximum atomic E-state index is 11.1. The van der Waals surface area contributed by atoms with Crippen LogP contribution in [0.25, 0.3) is 6.08 Å². The predicted molar refractivity (Wildman–Crippen MR) is 56.5 cm³/mol. The van der Waals surface area contributed by atoms with Gasteiger partial charge < -0.3 is 0 Å². The molecule has 0 saturated heterocycles. The van der Waals surface area contributed by atoms with E-state index in [9.17, 15) is 9.59 Å². The molecule has 0 aliphatic carbocycles. The van der Waals surface area contributed by atoms with Gasteiger partial charge in [-0.15, -0.1) is 0 Å². The number of ketones is 2. The minimum atomic E-state index is -0.0452. The summed E-state index contributed by atoms with van der Waals surface area (Å²) in [6.45, 7) is 6.57. The molecule has 0 N–H and O–H groups in total. The zero-order chi connectivity index (χ0) is 10.7. The van der Waals surface area contributed by atoms with Crippen molar-refractivity contribution in [2.45, 2.75) is 13.8 Å². The molecule has 72 valence electrons. The van der Waals surface area contributed by atoms with Crippen molar-refractivity contribution in [1.29, 1.82) is 0 Å². The third kappa shape index (κ3) is 2.16. The topological polar surface area (TPSA) is 34.1 Å². The Hall–Kier alpha value is -1.70. The van der Waals surface area contributed by atoms with Crippen LogP contribution in [0.4, 0.5) is 0 Å². The number of hydrogen-bond acceptors (Lipinski definition) is 2. The summed E-state index contributed by atoms with van der Waals surface area (Å²) in [5, 5.41) is 0. The summed E-state index contributed by atoms with van der Waals surface area (Å²) in [6, 6.07) is 5.06. The summed E-state index contributed by atoms with van der Waals surface area (Å²) in [4.78, 5) is 22.3. The second kappa shape index (κ2) is 4.01. The van der Waals surface area contributed by atoms with Crippen LogP contribution in [0, 0.1) is 0 Å². The van der Waals surface area contributed by atoms with Gasteiger partial charge in [0.2, 0.25) is 0 Å². The molecule has 1 aromatic carbocycles. The Kier molecular flexibility index (Phi) is 2.97. The molecule has 0 radical (unpaired) electrons. The van der Waals surface area contributed by atoms with Crippen LogP contribution in [0.1, 0.15) is 40.1 Å². The Balaban J connectivity index is 3.34. The Morgan fingerprint density at radius 3 is 1.79 bits per heavy atom. The molecular weight excluding hydrogens is 176 g/mol. The van der Waals surface area contributed by atoms with Gasteiger partial charge in [0.15, 0.2) is 11.6 Å². The molecule has 2 nitrogen and oxygen atoms in total. The van der Waals surface area contributed by atoms with Crippen molar-refractivity contribution in [2.24, 2.45) is 0 Å². The lowest BCUT2D eigenvalue weighted by Crippen LogP contribution is -1.99. The van der Waals surface area contributed by atoms with Gasteiger partial charge >= 0.3 is 0 Å². The van der Waals surface area contributed by atoms with Crippen molar-refractivity contribution in [3.8, 4) is 0 Å². The normalized spacial score (nSPS) is 9.57. The summed E-state index contributed by atoms with van der Waals surface area (Å²) in [6.07, 6.45) is 1.62. The van der Waals surface area contributed by atoms with Crippen molar-refractivity contribution < 1.29 is 9.59 Å². The highest BCUT2D eigenvalue weighted by Gasteiger charge is 2.05. The number of carbonyl (C=O) groups is 2. The molecule has 0 aliphatic rings. The summed E-state index contributed by atoms with van der Waals surface area (Å²) in [5.41, 5.74) is 1.89. The van der Waals surface area contributed by atoms with E-state index in [1.165, 1.54) is 13.8 Å². The van der Waals surface area contributed by atoms with E-state index < -0.39 is 0 Å². The van der Waals surface area contributed by atoms with Crippen LogP contribution in [-0.2, 0) is 0 Å². The van der Waals surface area contributed by atoms with Gasteiger partial charge in [0.05, 0.1) is 0 Å². The smallest absolute Gasteiger partial charge is 0.159 e. The molecule has 1 rings (SSSR count). The summed E-state index contributed by atoms with van der Waals surface area (Å²) in [7, 11) is 0. The minimum absolute atomic E-state index is 0.0452. The second-order valence-electron chi connectivity index (χ2n) is 3.16. The van der Waals surface area contributed by atoms with Gasteiger partial charge in [0.1, 0.15) is 0 Å². The molecule has 14 heavy (non-hydrogen) atoms. The highest BCUT2D eigenvalue weighted by molar-refractivity contribution is 6.00. The molecule has 1 aromatic rings. The van der Waals surface area contributed by atoms with Crippen LogP contribution in [-0.4, -0.2) is 11.6 Å². The van der Waals surface area contributed by atoms with Crippen LogP contribution < -0.4 is 0 Å². The zero-order valence-electron chi connectivity index (χ0n) is 8.33. The van der Waals surface area contributed by atoms with E-state index in [0.717, 1.165) is 5.56 Å². The first-order chi connectivity index (χ1) is 6.54. The number of Topliss-reactive ketones (excluding diaryl/α,β-unsaturated/α-hetero) is 2. The summed E-state index contributed by atoms with van der Waals surface area (Å²) >= 11 is 0. The first-order valence-corrected chi connectivity index (χ1v) is 4.34. The molecule has 0 fully saturated rings. The third-order valence-electron chi connectivity index (χ3n) is 2.00. The first-order valence-electron chi connectivity index (χ1n) is 4.34. The quantitative estimate of drug-likeness (QED) is 0.683. The van der Waals surface area contributed by atoms with E-state index >= 15 is 0 Å². The predicted octanol–water partition coefficient (Wildman–Crippen LogP) is 2.73. The van der Waals surface area contributed by atoms with E-state index in [0.29, 0.717) is 11.1 Å². The van der Waals surface area contributed by atoms with Gasteiger partial charge in [0.25, 0.3) is 0 Å². The molecule has 0 heterocycles. The molecule has 0 amide bonds. The monoisotopic (exact) mass is 188 g/mol. The first kappa shape index (κ1) is 10.4. The van der Waals surface area contributed by atoms with Crippen LogP contribution >= 0.6 is 0 Å². The molecule has 0 atom stereocenters. The van der Waals surface area contributed by atoms with Gasteiger partial charge in [-0.3, -0.25) is 9.59 Å². The Bertz CT molecular complexity index is 371. The van der Waals surface area contributed by atoms with Gasteiger partial charge in [0, 0.05) is 11.1 Å². The van der Waals surface area contributed by atoms with E-state index in [4.69, 9.17) is 0 Å². The van der Waals surface area contributed by atoms with Crippen molar-refractivity contribution in [3.05, 3.63) is 41.5 Å². The Labute approximate surface area is 83.3 Å². The number of benzene rings is 1. The average molecular weight is 188 g/mol. The average Bonchev–Trinajstić information content (AvgIpc) is 2.16. The Morgan fingerprint density at radius 2 is 1.50 bits per heavy atom. The molecule has 0 aliphatic heterocycles. The van der Waals surface area contributed by atoms with Gasteiger partial charge in [-0.1, -0.05) is 12.7 Å². The zero-order valence-corrected chi connectivity index (χ0v) is 8.33. The summed E-state index contributed by atoms with van der Waals surface area (Å²) < 4.78 is 0. The van der Waals surface area contributed by atoms with E-state index in [1.54, 1.807) is 24.3 Å². The fourth-order valence-electron chi connectivity index (χ4n) is 1.18. The molecule has 0 aromatic heterocycles. The lowest BCUT2D eigenvalue weighted by Gasteiger charge is -2.02. The van der Waals surface area contributed by atoms with Gasteiger partial charge in [-0.25, -0.2) is 0 Å². The van der Waals surface area contributed by atoms with Crippen molar-refractivity contribution in [1.82, 2.24) is 0 Å². The molecule has 2 heteroatoms. The number of hydrogen-bond donors (Lipinski definition) is 0. The van der Waals surface area contributed by atoms with E-state index in [2.05, 4.69) is 6.58 Å². The highest BCUT2D eigenvalue weighted by atomic mass is 16.1. The van der Waals surface area contributed by atoms with Crippen molar-refractivity contribution in [3.63, 3.8) is 0 Å². The maximum Gasteiger partial charge on any atom is 0.159 e. The standard InChI is InChI=1S/C12H12O2/c1-4-10-5-11(8(2)13)7-12(6-10)9(3)14/h4-7H,1H2,2-3H3. The maximum absolute atomic E-state index is 11.1. The summed E-state index contributed by atoms with van der Waals surface area (Å²) in [5.74, 6) is -0.0904. The minimum Gasteiger partial charge on any atom is -0.295 e. The van der Waals surface area contributed by atoms with E-state index in [1.807, 2.05) is 0 Å². The molecule has 0 spiro atoms. The van der Waals surface area contributed by atoms with Gasteiger partial charge in [-0.2, -0.15) is 0 Å². The molecule has 0 unspecified atom stereocenters. The van der Waals surface area contributed by atoms with E-state index in [-0.39, 0.29) is 11.6 Å². The van der Waals surface area contributed by atoms with Crippen LogP contribution in [0.2, 0.25) is 0 Å². The van der Waals surface area contributed by atoms with Crippen LogP contribution in [0.5, 0.6) is 0 Å². The largest absolute Gasteiger partial charge is 0.295 e. The molecule has 0 saturated carbocycles. The fourth-order valence-corrected chi connectivity index (χ4v) is 1.18. The number of carbonyl (C=O) groups excluding carboxylic acids is 2. The SMILES string of the molecule is C=Cc1cc(C(C)=O)cc(C(C)=O)c1.